The van der Waals surface area contributed by atoms with E-state index in [0.717, 1.165) is 18.2 Å². The predicted octanol–water partition coefficient (Wildman–Crippen LogP) is 3.06. The van der Waals surface area contributed by atoms with Crippen molar-refractivity contribution in [1.82, 2.24) is 5.32 Å². The van der Waals surface area contributed by atoms with Crippen LogP contribution in [0.5, 0.6) is 0 Å². The molecule has 1 aliphatic carbocycles. The summed E-state index contributed by atoms with van der Waals surface area (Å²) in [4.78, 5) is 11.7. The summed E-state index contributed by atoms with van der Waals surface area (Å²) < 4.78 is 0. The van der Waals surface area contributed by atoms with E-state index in [-0.39, 0.29) is 5.91 Å². The van der Waals surface area contributed by atoms with Crippen LogP contribution in [0, 0.1) is 5.92 Å². The van der Waals surface area contributed by atoms with Gasteiger partial charge in [-0.2, -0.15) is 0 Å². The van der Waals surface area contributed by atoms with Crippen molar-refractivity contribution in [2.45, 2.75) is 25.7 Å². The number of carbonyl (C=O) groups excluding carboxylic acids is 1. The summed E-state index contributed by atoms with van der Waals surface area (Å²) >= 11 is 5.78. The lowest BCUT2D eigenvalue weighted by molar-refractivity contribution is -0.115. The number of rotatable bonds is 5. The third kappa shape index (κ3) is 4.31. The molecule has 0 unspecified atom stereocenters. The minimum absolute atomic E-state index is 0.00433. The van der Waals surface area contributed by atoms with E-state index >= 15 is 0 Å². The maximum absolute atomic E-state index is 11.7. The lowest BCUT2D eigenvalue weighted by Crippen LogP contribution is -2.31. The van der Waals surface area contributed by atoms with Crippen LogP contribution in [0.4, 0.5) is 5.69 Å². The first-order valence-electron chi connectivity index (χ1n) is 6.50. The minimum atomic E-state index is -0.00433. The van der Waals surface area contributed by atoms with Crippen LogP contribution in [0.2, 0.25) is 5.02 Å². The van der Waals surface area contributed by atoms with Crippen LogP contribution in [-0.2, 0) is 4.79 Å². The molecule has 1 aliphatic rings. The van der Waals surface area contributed by atoms with Gasteiger partial charge in [0.05, 0.1) is 6.54 Å². The van der Waals surface area contributed by atoms with Crippen LogP contribution in [0.1, 0.15) is 25.7 Å². The average Bonchev–Trinajstić information content (AvgIpc) is 2.85. The van der Waals surface area contributed by atoms with Crippen LogP contribution < -0.4 is 10.6 Å². The zero-order valence-corrected chi connectivity index (χ0v) is 11.2. The Labute approximate surface area is 113 Å². The number of anilines is 1. The van der Waals surface area contributed by atoms with Crippen LogP contribution in [0.15, 0.2) is 24.3 Å². The molecule has 0 aliphatic heterocycles. The molecule has 98 valence electrons. The maximum atomic E-state index is 11.7. The molecule has 1 amide bonds. The number of hydrogen-bond acceptors (Lipinski definition) is 2. The van der Waals surface area contributed by atoms with Crippen LogP contribution in [0.3, 0.4) is 0 Å². The van der Waals surface area contributed by atoms with Gasteiger partial charge in [0.1, 0.15) is 0 Å². The topological polar surface area (TPSA) is 41.1 Å². The molecule has 1 fully saturated rings. The van der Waals surface area contributed by atoms with Gasteiger partial charge in [-0.3, -0.25) is 4.79 Å². The lowest BCUT2D eigenvalue weighted by Gasteiger charge is -2.10. The largest absolute Gasteiger partial charge is 0.325 e. The van der Waals surface area contributed by atoms with Gasteiger partial charge >= 0.3 is 0 Å². The fraction of sp³-hybridized carbons (Fsp3) is 0.500. The van der Waals surface area contributed by atoms with E-state index < -0.39 is 0 Å². The Kier molecular flexibility index (Phi) is 5.02. The second kappa shape index (κ2) is 6.76. The smallest absolute Gasteiger partial charge is 0.238 e. The highest BCUT2D eigenvalue weighted by Crippen LogP contribution is 2.23. The summed E-state index contributed by atoms with van der Waals surface area (Å²) in [6.07, 6.45) is 5.27. The van der Waals surface area contributed by atoms with Gasteiger partial charge in [0.15, 0.2) is 0 Å². The van der Waals surface area contributed by atoms with Crippen molar-refractivity contribution in [2.75, 3.05) is 18.4 Å². The molecule has 3 nitrogen and oxygen atoms in total. The summed E-state index contributed by atoms with van der Waals surface area (Å²) in [7, 11) is 0. The highest BCUT2D eigenvalue weighted by Gasteiger charge is 2.14. The molecule has 18 heavy (non-hydrogen) atoms. The third-order valence-corrected chi connectivity index (χ3v) is 3.57. The first kappa shape index (κ1) is 13.4. The van der Waals surface area contributed by atoms with E-state index in [1.807, 2.05) is 0 Å². The van der Waals surface area contributed by atoms with Gasteiger partial charge in [0.25, 0.3) is 0 Å². The Balaban J connectivity index is 1.66. The summed E-state index contributed by atoms with van der Waals surface area (Å²) in [6.45, 7) is 1.33. The van der Waals surface area contributed by atoms with E-state index in [1.165, 1.54) is 25.7 Å². The minimum Gasteiger partial charge on any atom is -0.325 e. The zero-order chi connectivity index (χ0) is 12.8. The van der Waals surface area contributed by atoms with Gasteiger partial charge in [-0.05, 0) is 49.6 Å². The Morgan fingerprint density at radius 3 is 2.56 bits per heavy atom. The highest BCUT2D eigenvalue weighted by atomic mass is 35.5. The van der Waals surface area contributed by atoms with E-state index in [1.54, 1.807) is 24.3 Å². The first-order chi connectivity index (χ1) is 8.74. The number of halogens is 1. The second-order valence-electron chi connectivity index (χ2n) is 4.84. The van der Waals surface area contributed by atoms with Gasteiger partial charge in [-0.1, -0.05) is 24.4 Å². The van der Waals surface area contributed by atoms with Crippen molar-refractivity contribution >= 4 is 23.2 Å². The Morgan fingerprint density at radius 1 is 1.22 bits per heavy atom. The summed E-state index contributed by atoms with van der Waals surface area (Å²) in [5, 5.41) is 6.73. The fourth-order valence-electron chi connectivity index (χ4n) is 2.34. The van der Waals surface area contributed by atoms with E-state index in [0.29, 0.717) is 11.6 Å². The molecule has 0 radical (unpaired) electrons. The van der Waals surface area contributed by atoms with Crippen molar-refractivity contribution in [2.24, 2.45) is 5.92 Å². The SMILES string of the molecule is O=C(CNCC1CCCC1)Nc1ccc(Cl)cc1. The molecule has 1 aromatic rings. The molecule has 1 saturated carbocycles. The van der Waals surface area contributed by atoms with Crippen molar-refractivity contribution in [3.05, 3.63) is 29.3 Å². The van der Waals surface area contributed by atoms with Gasteiger partial charge in [0, 0.05) is 10.7 Å². The molecule has 0 aromatic heterocycles. The molecule has 0 bridgehead atoms. The van der Waals surface area contributed by atoms with Crippen LogP contribution in [-0.4, -0.2) is 19.0 Å². The molecule has 0 atom stereocenters. The standard InChI is InChI=1S/C14H19ClN2O/c15-12-5-7-13(8-6-12)17-14(18)10-16-9-11-3-1-2-4-11/h5-8,11,16H,1-4,9-10H2,(H,17,18). The first-order valence-corrected chi connectivity index (χ1v) is 6.88. The molecule has 1 aromatic carbocycles. The number of amides is 1. The monoisotopic (exact) mass is 266 g/mol. The Hall–Kier alpha value is -1.06. The van der Waals surface area contributed by atoms with E-state index in [4.69, 9.17) is 11.6 Å². The predicted molar refractivity (Wildman–Crippen MR) is 74.9 cm³/mol. The second-order valence-corrected chi connectivity index (χ2v) is 5.27. The molecule has 4 heteroatoms. The van der Waals surface area contributed by atoms with Crippen molar-refractivity contribution < 1.29 is 4.79 Å². The van der Waals surface area contributed by atoms with Crippen molar-refractivity contribution in [3.8, 4) is 0 Å². The molecule has 0 heterocycles. The van der Waals surface area contributed by atoms with Gasteiger partial charge < -0.3 is 10.6 Å². The lowest BCUT2D eigenvalue weighted by atomic mass is 10.1. The fourth-order valence-corrected chi connectivity index (χ4v) is 2.47. The molecular formula is C14H19ClN2O. The molecule has 2 N–H and O–H groups in total. The third-order valence-electron chi connectivity index (χ3n) is 3.32. The number of hydrogen-bond donors (Lipinski definition) is 2. The van der Waals surface area contributed by atoms with E-state index in [9.17, 15) is 4.79 Å². The Morgan fingerprint density at radius 2 is 1.89 bits per heavy atom. The van der Waals surface area contributed by atoms with Gasteiger partial charge in [-0.25, -0.2) is 0 Å². The number of nitrogens with one attached hydrogen (secondary N) is 2. The van der Waals surface area contributed by atoms with Crippen LogP contribution >= 0.6 is 11.6 Å². The molecule has 0 saturated heterocycles. The summed E-state index contributed by atoms with van der Waals surface area (Å²) in [5.74, 6) is 0.753. The number of benzene rings is 1. The molecular weight excluding hydrogens is 248 g/mol. The van der Waals surface area contributed by atoms with Gasteiger partial charge in [0.2, 0.25) is 5.91 Å². The van der Waals surface area contributed by atoms with Crippen molar-refractivity contribution in [3.63, 3.8) is 0 Å². The van der Waals surface area contributed by atoms with Gasteiger partial charge in [-0.15, -0.1) is 0 Å². The summed E-state index contributed by atoms with van der Waals surface area (Å²) in [5.41, 5.74) is 0.784. The van der Waals surface area contributed by atoms with Crippen LogP contribution in [0.25, 0.3) is 0 Å². The van der Waals surface area contributed by atoms with Crippen molar-refractivity contribution in [1.29, 1.82) is 0 Å². The Bertz CT molecular complexity index is 385. The molecule has 0 spiro atoms. The average molecular weight is 267 g/mol. The molecule has 2 rings (SSSR count). The summed E-state index contributed by atoms with van der Waals surface area (Å²) in [6, 6.07) is 7.14. The quantitative estimate of drug-likeness (QED) is 0.860. The van der Waals surface area contributed by atoms with E-state index in [2.05, 4.69) is 10.6 Å². The maximum Gasteiger partial charge on any atom is 0.238 e. The number of carbonyl (C=O) groups is 1. The highest BCUT2D eigenvalue weighted by molar-refractivity contribution is 6.30. The normalized spacial score (nSPS) is 15.8. The zero-order valence-electron chi connectivity index (χ0n) is 10.4.